The summed E-state index contributed by atoms with van der Waals surface area (Å²) in [5.74, 6) is 0.232. The first-order valence-electron chi connectivity index (χ1n) is 11.9. The molecule has 1 aliphatic rings. The Morgan fingerprint density at radius 3 is 2.26 bits per heavy atom. The van der Waals surface area contributed by atoms with Crippen molar-refractivity contribution in [2.24, 2.45) is 0 Å². The van der Waals surface area contributed by atoms with Crippen molar-refractivity contribution in [3.63, 3.8) is 0 Å². The molecule has 1 fully saturated rings. The first-order chi connectivity index (χ1) is 16.9. The summed E-state index contributed by atoms with van der Waals surface area (Å²) in [6, 6.07) is 15.7. The van der Waals surface area contributed by atoms with Gasteiger partial charge in [0.1, 0.15) is 23.8 Å². The van der Waals surface area contributed by atoms with Gasteiger partial charge in [0.05, 0.1) is 20.0 Å². The summed E-state index contributed by atoms with van der Waals surface area (Å²) >= 11 is 1.26. The highest BCUT2D eigenvalue weighted by Crippen LogP contribution is 2.31. The normalized spacial score (nSPS) is 14.1. The van der Waals surface area contributed by atoms with E-state index in [1.54, 1.807) is 6.92 Å². The number of benzene rings is 2. The summed E-state index contributed by atoms with van der Waals surface area (Å²) in [5.41, 5.74) is 9.77. The molecule has 2 aromatic carbocycles. The minimum Gasteiger partial charge on any atom is -0.382 e. The topological polar surface area (TPSA) is 97.5 Å². The van der Waals surface area contributed by atoms with Crippen molar-refractivity contribution < 1.29 is 9.59 Å². The summed E-state index contributed by atoms with van der Waals surface area (Å²) < 4.78 is 0. The SMILES string of the molecule is CCN(CC)c1ccc(C(=O)c2sc(Nc3ccc(N4CC[N+](C(C)=O)CC4)cc3)nc2N)cc1. The van der Waals surface area contributed by atoms with Gasteiger partial charge in [-0.1, -0.05) is 16.2 Å². The van der Waals surface area contributed by atoms with Crippen LogP contribution in [0.1, 0.15) is 36.0 Å². The first-order valence-corrected chi connectivity index (χ1v) is 12.7. The highest BCUT2D eigenvalue weighted by molar-refractivity contribution is 7.18. The number of nitrogens with one attached hydrogen (secondary N) is 1. The van der Waals surface area contributed by atoms with Gasteiger partial charge in [-0.15, -0.1) is 0 Å². The number of nitrogen functional groups attached to an aromatic ring is 1. The summed E-state index contributed by atoms with van der Waals surface area (Å²) in [7, 11) is 0. The van der Waals surface area contributed by atoms with E-state index in [0.717, 1.165) is 56.3 Å². The fourth-order valence-corrected chi connectivity index (χ4v) is 5.12. The van der Waals surface area contributed by atoms with E-state index in [-0.39, 0.29) is 17.5 Å². The molecule has 1 aromatic heterocycles. The number of hydrogen-bond donors (Lipinski definition) is 2. The van der Waals surface area contributed by atoms with Crippen LogP contribution in [-0.2, 0) is 4.79 Å². The maximum atomic E-state index is 13.1. The van der Waals surface area contributed by atoms with Crippen molar-refractivity contribution in [1.29, 1.82) is 0 Å². The Balaban J connectivity index is 1.40. The second kappa shape index (κ2) is 10.9. The maximum absolute atomic E-state index is 13.1. The molecule has 0 atom stereocenters. The lowest BCUT2D eigenvalue weighted by atomic mass is 10.1. The molecule has 2 heterocycles. The minimum absolute atomic E-state index is 0.126. The fourth-order valence-electron chi connectivity index (χ4n) is 4.25. The molecule has 3 aromatic rings. The van der Waals surface area contributed by atoms with Gasteiger partial charge in [0, 0.05) is 35.7 Å². The maximum Gasteiger partial charge on any atom is 0.358 e. The molecule has 4 rings (SSSR count). The molecule has 8 nitrogen and oxygen atoms in total. The molecule has 0 spiro atoms. The number of carbonyl (C=O) groups is 2. The Morgan fingerprint density at radius 2 is 1.69 bits per heavy atom. The Labute approximate surface area is 210 Å². The molecule has 1 amide bonds. The van der Waals surface area contributed by atoms with Crippen molar-refractivity contribution in [2.45, 2.75) is 20.8 Å². The van der Waals surface area contributed by atoms with Crippen molar-refractivity contribution in [3.8, 4) is 0 Å². The molecule has 0 aliphatic carbocycles. The molecule has 183 valence electrons. The van der Waals surface area contributed by atoms with Crippen LogP contribution in [0.3, 0.4) is 0 Å². The largest absolute Gasteiger partial charge is 0.382 e. The average Bonchev–Trinajstić information content (AvgIpc) is 3.25. The van der Waals surface area contributed by atoms with E-state index < -0.39 is 0 Å². The van der Waals surface area contributed by atoms with Crippen LogP contribution in [0.25, 0.3) is 0 Å². The Morgan fingerprint density at radius 1 is 1.06 bits per heavy atom. The second-order valence-electron chi connectivity index (χ2n) is 8.45. The van der Waals surface area contributed by atoms with Gasteiger partial charge in [0.15, 0.2) is 5.13 Å². The lowest BCUT2D eigenvalue weighted by Gasteiger charge is -2.28. The predicted octanol–water partition coefficient (Wildman–Crippen LogP) is 4.05. The van der Waals surface area contributed by atoms with Gasteiger partial charge in [-0.3, -0.25) is 4.79 Å². The lowest BCUT2D eigenvalue weighted by molar-refractivity contribution is -0.123. The summed E-state index contributed by atoms with van der Waals surface area (Å²) in [4.78, 5) is 35.8. The van der Waals surface area contributed by atoms with E-state index >= 15 is 0 Å². The van der Waals surface area contributed by atoms with Crippen molar-refractivity contribution >= 4 is 51.0 Å². The molecule has 9 heteroatoms. The molecule has 3 N–H and O–H groups in total. The fraction of sp³-hybridized carbons (Fsp3) is 0.346. The van der Waals surface area contributed by atoms with Crippen molar-refractivity contribution in [3.05, 3.63) is 59.0 Å². The number of nitrogens with two attached hydrogens (primary N) is 1. The molecule has 1 radical (unpaired) electrons. The molecule has 0 bridgehead atoms. The molecule has 1 saturated heterocycles. The van der Waals surface area contributed by atoms with Gasteiger partial charge in [-0.25, -0.2) is 9.78 Å². The van der Waals surface area contributed by atoms with Crippen LogP contribution < -0.4 is 25.8 Å². The van der Waals surface area contributed by atoms with Crippen molar-refractivity contribution in [2.75, 3.05) is 60.1 Å². The summed E-state index contributed by atoms with van der Waals surface area (Å²) in [5, 5.41) is 3.84. The van der Waals surface area contributed by atoms with E-state index in [9.17, 15) is 9.59 Å². The van der Waals surface area contributed by atoms with Crippen LogP contribution in [0, 0.1) is 0 Å². The highest BCUT2D eigenvalue weighted by atomic mass is 32.1. The number of aromatic nitrogens is 1. The van der Waals surface area contributed by atoms with E-state index in [2.05, 4.69) is 33.9 Å². The third kappa shape index (κ3) is 5.63. The number of thiazole rings is 1. The number of rotatable bonds is 8. The molecule has 0 unspecified atom stereocenters. The number of ketones is 1. The lowest BCUT2D eigenvalue weighted by Crippen LogP contribution is -2.51. The third-order valence-corrected chi connectivity index (χ3v) is 7.31. The predicted molar refractivity (Wildman–Crippen MR) is 144 cm³/mol. The smallest absolute Gasteiger partial charge is 0.358 e. The van der Waals surface area contributed by atoms with Gasteiger partial charge >= 0.3 is 5.91 Å². The van der Waals surface area contributed by atoms with E-state index in [1.165, 1.54) is 11.3 Å². The van der Waals surface area contributed by atoms with Gasteiger partial charge < -0.3 is 20.9 Å². The number of amides is 1. The average molecular weight is 493 g/mol. The van der Waals surface area contributed by atoms with E-state index in [1.807, 2.05) is 53.4 Å². The number of nitrogens with zero attached hydrogens (tertiary/aromatic N) is 4. The van der Waals surface area contributed by atoms with Crippen LogP contribution in [0.2, 0.25) is 0 Å². The third-order valence-electron chi connectivity index (χ3n) is 6.33. The van der Waals surface area contributed by atoms with Gasteiger partial charge in [-0.2, -0.15) is 0 Å². The van der Waals surface area contributed by atoms with Crippen molar-refractivity contribution in [1.82, 2.24) is 9.88 Å². The number of anilines is 5. The van der Waals surface area contributed by atoms with Gasteiger partial charge in [0.2, 0.25) is 5.78 Å². The zero-order valence-electron chi connectivity index (χ0n) is 20.5. The van der Waals surface area contributed by atoms with Crippen LogP contribution in [0.4, 0.5) is 28.0 Å². The van der Waals surface area contributed by atoms with Crippen LogP contribution in [-0.4, -0.2) is 55.9 Å². The molecular weight excluding hydrogens is 460 g/mol. The van der Waals surface area contributed by atoms with Gasteiger partial charge in [0.25, 0.3) is 0 Å². The standard InChI is InChI=1S/C26H32N6O2S/c1-4-30(5-2)21-10-6-19(7-11-21)23(34)24-25(27)29-26(35-24)28-20-8-12-22(13-9-20)32-16-14-31(15-17-32)18(3)33/h6-13H,4-5,14-17,27H2,1-3H3,(H,28,29)/q+1. The number of hydrogen-bond acceptors (Lipinski definition) is 8. The Bertz CT molecular complexity index is 1160. The number of piperazine rings is 1. The Kier molecular flexibility index (Phi) is 7.67. The quantitative estimate of drug-likeness (QED) is 0.362. The zero-order valence-corrected chi connectivity index (χ0v) is 21.3. The minimum atomic E-state index is -0.126. The number of carbonyl (C=O) groups excluding carboxylic acids is 2. The first kappa shape index (κ1) is 24.7. The Hall–Kier alpha value is -3.43. The van der Waals surface area contributed by atoms with Crippen LogP contribution in [0.15, 0.2) is 48.5 Å². The summed E-state index contributed by atoms with van der Waals surface area (Å²) in [6.45, 7) is 10.8. The molecule has 0 saturated carbocycles. The second-order valence-corrected chi connectivity index (χ2v) is 9.45. The van der Waals surface area contributed by atoms with Crippen LogP contribution >= 0.6 is 11.3 Å². The molecule has 35 heavy (non-hydrogen) atoms. The summed E-state index contributed by atoms with van der Waals surface area (Å²) in [6.07, 6.45) is 0. The van der Waals surface area contributed by atoms with Crippen LogP contribution in [0.5, 0.6) is 0 Å². The van der Waals surface area contributed by atoms with Gasteiger partial charge in [-0.05, 0) is 62.4 Å². The highest BCUT2D eigenvalue weighted by Gasteiger charge is 2.28. The zero-order chi connectivity index (χ0) is 24.9. The van der Waals surface area contributed by atoms with E-state index in [0.29, 0.717) is 15.6 Å². The molecule has 1 aliphatic heterocycles. The molecular formula is C26H32N6O2S+. The monoisotopic (exact) mass is 492 g/mol. The van der Waals surface area contributed by atoms with E-state index in [4.69, 9.17) is 5.73 Å².